The minimum atomic E-state index is 0.0941. The number of nitrogens with zero attached hydrogens (tertiary/aromatic N) is 1. The van der Waals surface area contributed by atoms with Gasteiger partial charge in [0.25, 0.3) is 5.91 Å². The van der Waals surface area contributed by atoms with E-state index in [0.29, 0.717) is 5.91 Å². The van der Waals surface area contributed by atoms with Crippen LogP contribution in [0, 0.1) is 0 Å². The molecule has 0 bridgehead atoms. The van der Waals surface area contributed by atoms with Crippen LogP contribution in [0.5, 0.6) is 0 Å². The van der Waals surface area contributed by atoms with Gasteiger partial charge in [0.05, 0.1) is 27.2 Å². The van der Waals surface area contributed by atoms with Crippen molar-refractivity contribution in [1.82, 2.24) is 4.90 Å². The highest BCUT2D eigenvalue weighted by Crippen LogP contribution is 2.10. The number of quaternary nitrogens is 2. The Balaban J connectivity index is 2.25. The maximum atomic E-state index is 12.4. The van der Waals surface area contributed by atoms with Crippen LogP contribution in [0.15, 0.2) is 0 Å². The third kappa shape index (κ3) is 6.92. The van der Waals surface area contributed by atoms with Crippen LogP contribution in [0.4, 0.5) is 0 Å². The van der Waals surface area contributed by atoms with Gasteiger partial charge in [0.1, 0.15) is 0 Å². The van der Waals surface area contributed by atoms with Crippen molar-refractivity contribution in [2.24, 2.45) is 0 Å². The molecule has 1 fully saturated rings. The van der Waals surface area contributed by atoms with Gasteiger partial charge < -0.3 is 15.1 Å². The van der Waals surface area contributed by atoms with Gasteiger partial charge in [-0.1, -0.05) is 19.3 Å². The first-order valence-electron chi connectivity index (χ1n) is 8.02. The molecule has 1 atom stereocenters. The van der Waals surface area contributed by atoms with Gasteiger partial charge in [-0.05, 0) is 19.8 Å². The summed E-state index contributed by atoms with van der Waals surface area (Å²) < 4.78 is 0. The van der Waals surface area contributed by atoms with E-state index in [4.69, 9.17) is 0 Å². The molecule has 1 aliphatic heterocycles. The van der Waals surface area contributed by atoms with E-state index in [-0.39, 0.29) is 6.04 Å². The molecular weight excluding hydrogens is 238 g/mol. The molecule has 1 saturated heterocycles. The molecule has 0 aliphatic carbocycles. The molecule has 0 unspecified atom stereocenters. The molecule has 1 heterocycles. The molecule has 0 aromatic heterocycles. The summed E-state index contributed by atoms with van der Waals surface area (Å²) in [5, 5.41) is 2.21. The van der Waals surface area contributed by atoms with Crippen molar-refractivity contribution in [2.45, 2.75) is 51.5 Å². The lowest BCUT2D eigenvalue weighted by Crippen LogP contribution is -3.06. The van der Waals surface area contributed by atoms with Crippen LogP contribution in [0.2, 0.25) is 0 Å². The summed E-state index contributed by atoms with van der Waals surface area (Å²) in [7, 11) is 4.35. The Bertz CT molecular complexity index is 248. The molecule has 1 amide bonds. The lowest BCUT2D eigenvalue weighted by molar-refractivity contribution is -0.860. The Kier molecular flexibility index (Phi) is 8.07. The largest absolute Gasteiger partial charge is 0.340 e. The SMILES string of the molecule is C[C@H]([NH2+]CCC[NH+](C)C)C(=O)N1CCCCCCC1. The van der Waals surface area contributed by atoms with Crippen LogP contribution in [0.25, 0.3) is 0 Å². The van der Waals surface area contributed by atoms with Crippen molar-refractivity contribution in [3.05, 3.63) is 0 Å². The highest BCUT2D eigenvalue weighted by molar-refractivity contribution is 5.80. The summed E-state index contributed by atoms with van der Waals surface area (Å²) >= 11 is 0. The fraction of sp³-hybridized carbons (Fsp3) is 0.933. The predicted molar refractivity (Wildman–Crippen MR) is 78.2 cm³/mol. The van der Waals surface area contributed by atoms with E-state index < -0.39 is 0 Å². The number of amides is 1. The van der Waals surface area contributed by atoms with Crippen LogP contribution in [0.1, 0.15) is 45.4 Å². The second-order valence-electron chi connectivity index (χ2n) is 6.22. The van der Waals surface area contributed by atoms with Crippen LogP contribution in [-0.4, -0.2) is 57.1 Å². The van der Waals surface area contributed by atoms with Gasteiger partial charge in [-0.3, -0.25) is 4.79 Å². The molecule has 1 aliphatic rings. The van der Waals surface area contributed by atoms with Gasteiger partial charge in [-0.2, -0.15) is 0 Å². The molecule has 4 heteroatoms. The normalized spacial score (nSPS) is 19.1. The minimum absolute atomic E-state index is 0.0941. The Hall–Kier alpha value is -0.610. The second kappa shape index (κ2) is 9.32. The van der Waals surface area contributed by atoms with Crippen molar-refractivity contribution in [1.29, 1.82) is 0 Å². The third-order valence-corrected chi connectivity index (χ3v) is 3.96. The zero-order valence-electron chi connectivity index (χ0n) is 13.1. The van der Waals surface area contributed by atoms with E-state index in [9.17, 15) is 4.79 Å². The zero-order chi connectivity index (χ0) is 14.1. The van der Waals surface area contributed by atoms with Gasteiger partial charge in [-0.15, -0.1) is 0 Å². The molecule has 3 N–H and O–H groups in total. The van der Waals surface area contributed by atoms with Crippen LogP contribution < -0.4 is 10.2 Å². The average molecular weight is 271 g/mol. The molecule has 0 aromatic carbocycles. The van der Waals surface area contributed by atoms with Crippen LogP contribution in [-0.2, 0) is 4.79 Å². The van der Waals surface area contributed by atoms with E-state index in [1.165, 1.54) is 50.0 Å². The number of rotatable bonds is 6. The number of nitrogens with two attached hydrogens (primary N) is 1. The fourth-order valence-corrected chi connectivity index (χ4v) is 2.68. The molecule has 0 spiro atoms. The van der Waals surface area contributed by atoms with Gasteiger partial charge in [0, 0.05) is 19.5 Å². The van der Waals surface area contributed by atoms with Crippen LogP contribution >= 0.6 is 0 Å². The third-order valence-electron chi connectivity index (χ3n) is 3.96. The predicted octanol–water partition coefficient (Wildman–Crippen LogP) is -0.734. The molecule has 0 radical (unpaired) electrons. The molecule has 112 valence electrons. The van der Waals surface area contributed by atoms with Crippen molar-refractivity contribution in [2.75, 3.05) is 40.3 Å². The molecule has 19 heavy (non-hydrogen) atoms. The standard InChI is InChI=1S/C15H31N3O/c1-14(16-10-9-11-17(2)3)15(19)18-12-7-5-4-6-8-13-18/h14,16H,4-13H2,1-3H3/p+2/t14-/m0/s1. The Morgan fingerprint density at radius 3 is 2.32 bits per heavy atom. The van der Waals surface area contributed by atoms with Gasteiger partial charge in [0.2, 0.25) is 0 Å². The summed E-state index contributed by atoms with van der Waals surface area (Å²) in [4.78, 5) is 16.0. The first-order valence-corrected chi connectivity index (χ1v) is 8.02. The average Bonchev–Trinajstić information content (AvgIpc) is 2.33. The van der Waals surface area contributed by atoms with Gasteiger partial charge in [0.15, 0.2) is 6.04 Å². The van der Waals surface area contributed by atoms with Crippen molar-refractivity contribution in [3.63, 3.8) is 0 Å². The number of hydrogen-bond donors (Lipinski definition) is 2. The Labute approximate surface area is 118 Å². The number of carbonyl (C=O) groups excluding carboxylic acids is 1. The molecular formula is C15H33N3O+2. The molecule has 4 nitrogen and oxygen atoms in total. The highest BCUT2D eigenvalue weighted by Gasteiger charge is 2.22. The lowest BCUT2D eigenvalue weighted by Gasteiger charge is -2.26. The monoisotopic (exact) mass is 271 g/mol. The first kappa shape index (κ1) is 16.4. The molecule has 0 saturated carbocycles. The summed E-state index contributed by atoms with van der Waals surface area (Å²) in [6.45, 7) is 6.24. The van der Waals surface area contributed by atoms with Gasteiger partial charge >= 0.3 is 0 Å². The van der Waals surface area contributed by atoms with Crippen LogP contribution in [0.3, 0.4) is 0 Å². The quantitative estimate of drug-likeness (QED) is 0.614. The van der Waals surface area contributed by atoms with E-state index >= 15 is 0 Å². The number of nitrogens with one attached hydrogen (secondary N) is 1. The van der Waals surface area contributed by atoms with Crippen molar-refractivity contribution < 1.29 is 15.0 Å². The first-order chi connectivity index (χ1) is 9.11. The smallest absolute Gasteiger partial charge is 0.280 e. The summed E-state index contributed by atoms with van der Waals surface area (Å²) in [5.41, 5.74) is 0. The topological polar surface area (TPSA) is 41.4 Å². The van der Waals surface area contributed by atoms with E-state index in [1.807, 2.05) is 0 Å². The maximum Gasteiger partial charge on any atom is 0.280 e. The fourth-order valence-electron chi connectivity index (χ4n) is 2.68. The van der Waals surface area contributed by atoms with E-state index in [1.54, 1.807) is 0 Å². The highest BCUT2D eigenvalue weighted by atomic mass is 16.2. The Morgan fingerprint density at radius 1 is 1.16 bits per heavy atom. The number of likely N-dealkylation sites (tertiary alicyclic amines) is 1. The molecule has 0 aromatic rings. The van der Waals surface area contributed by atoms with E-state index in [0.717, 1.165) is 19.6 Å². The Morgan fingerprint density at radius 2 is 1.74 bits per heavy atom. The summed E-state index contributed by atoms with van der Waals surface area (Å²) in [6.07, 6.45) is 7.46. The minimum Gasteiger partial charge on any atom is -0.340 e. The number of carbonyl (C=O) groups is 1. The van der Waals surface area contributed by atoms with E-state index in [2.05, 4.69) is 31.2 Å². The maximum absolute atomic E-state index is 12.4. The summed E-state index contributed by atoms with van der Waals surface area (Å²) in [5.74, 6) is 0.346. The lowest BCUT2D eigenvalue weighted by atomic mass is 10.1. The summed E-state index contributed by atoms with van der Waals surface area (Å²) in [6, 6.07) is 0.0941. The van der Waals surface area contributed by atoms with Crippen molar-refractivity contribution >= 4 is 5.91 Å². The zero-order valence-corrected chi connectivity index (χ0v) is 13.1. The number of hydrogen-bond acceptors (Lipinski definition) is 1. The van der Waals surface area contributed by atoms with Crippen molar-refractivity contribution in [3.8, 4) is 0 Å². The second-order valence-corrected chi connectivity index (χ2v) is 6.22. The van der Waals surface area contributed by atoms with Gasteiger partial charge in [-0.25, -0.2) is 0 Å². The molecule has 1 rings (SSSR count).